The summed E-state index contributed by atoms with van der Waals surface area (Å²) in [6.07, 6.45) is 11.3. The van der Waals surface area contributed by atoms with Crippen LogP contribution in [0.2, 0.25) is 0 Å². The number of Topliss-reactive ketones (excluding diaryl/α,β-unsaturated/α-hetero) is 1. The first-order valence-corrected chi connectivity index (χ1v) is 13.6. The summed E-state index contributed by atoms with van der Waals surface area (Å²) in [5.41, 5.74) is 3.62. The zero-order chi connectivity index (χ0) is 22.4. The molecule has 0 aromatic rings. The fraction of sp³-hybridized carbons (Fsp3) is 0.893. The Labute approximate surface area is 194 Å². The fourth-order valence-electron chi connectivity index (χ4n) is 9.82. The second-order valence-corrected chi connectivity index (χ2v) is 13.1. The van der Waals surface area contributed by atoms with Gasteiger partial charge in [0.25, 0.3) is 0 Å². The van der Waals surface area contributed by atoms with Gasteiger partial charge in [-0.2, -0.15) is 5.06 Å². The molecule has 0 unspecified atom stereocenters. The zero-order valence-corrected chi connectivity index (χ0v) is 20.6. The van der Waals surface area contributed by atoms with Crippen molar-refractivity contribution >= 4 is 5.78 Å². The Hall–Kier alpha value is -0.710. The lowest BCUT2D eigenvalue weighted by atomic mass is 9.52. The van der Waals surface area contributed by atoms with E-state index in [1.807, 2.05) is 0 Å². The van der Waals surface area contributed by atoms with Gasteiger partial charge < -0.3 is 9.94 Å². The summed E-state index contributed by atoms with van der Waals surface area (Å²) in [7, 11) is 0. The number of hydroxylamine groups is 2. The highest BCUT2D eigenvalue weighted by molar-refractivity contribution is 5.79. The van der Waals surface area contributed by atoms with Crippen molar-refractivity contribution in [1.82, 2.24) is 5.06 Å². The van der Waals surface area contributed by atoms with Crippen molar-refractivity contribution in [3.8, 4) is 0 Å². The summed E-state index contributed by atoms with van der Waals surface area (Å²) >= 11 is 0. The highest BCUT2D eigenvalue weighted by Gasteiger charge is 2.60. The molecule has 6 aliphatic rings. The number of ether oxygens (including phenoxy) is 1. The van der Waals surface area contributed by atoms with Crippen LogP contribution in [0.1, 0.15) is 91.9 Å². The zero-order valence-electron chi connectivity index (χ0n) is 20.6. The summed E-state index contributed by atoms with van der Waals surface area (Å²) in [6.45, 7) is 10.3. The molecule has 10 atom stereocenters. The Morgan fingerprint density at radius 2 is 1.94 bits per heavy atom. The van der Waals surface area contributed by atoms with Crippen LogP contribution in [-0.4, -0.2) is 40.3 Å². The van der Waals surface area contributed by atoms with Crippen molar-refractivity contribution in [2.75, 3.05) is 6.54 Å². The number of ketones is 1. The van der Waals surface area contributed by atoms with E-state index in [0.29, 0.717) is 29.0 Å². The van der Waals surface area contributed by atoms with Gasteiger partial charge in [0, 0.05) is 25.3 Å². The highest BCUT2D eigenvalue weighted by atomic mass is 16.5. The van der Waals surface area contributed by atoms with Gasteiger partial charge in [-0.15, -0.1) is 0 Å². The third-order valence-corrected chi connectivity index (χ3v) is 11.5. The number of carbonyl (C=O) groups excluding carboxylic acids is 1. The maximum absolute atomic E-state index is 12.2. The van der Waals surface area contributed by atoms with E-state index in [1.54, 1.807) is 16.2 Å². The van der Waals surface area contributed by atoms with Crippen LogP contribution in [0.5, 0.6) is 0 Å². The molecule has 32 heavy (non-hydrogen) atoms. The number of piperidine rings is 1. The van der Waals surface area contributed by atoms with Crippen LogP contribution in [0.4, 0.5) is 0 Å². The average Bonchev–Trinajstić information content (AvgIpc) is 3.19. The van der Waals surface area contributed by atoms with E-state index in [0.717, 1.165) is 62.8 Å². The second-order valence-electron chi connectivity index (χ2n) is 13.1. The Morgan fingerprint density at radius 3 is 2.75 bits per heavy atom. The lowest BCUT2D eigenvalue weighted by molar-refractivity contribution is -0.178. The largest absolute Gasteiger partial charge is 0.369 e. The minimum atomic E-state index is -0.102. The lowest BCUT2D eigenvalue weighted by Crippen LogP contribution is -2.50. The first-order valence-electron chi connectivity index (χ1n) is 13.6. The number of rotatable bonds is 0. The van der Waals surface area contributed by atoms with Gasteiger partial charge in [0.2, 0.25) is 0 Å². The molecule has 0 aromatic carbocycles. The van der Waals surface area contributed by atoms with Crippen LogP contribution >= 0.6 is 0 Å². The van der Waals surface area contributed by atoms with Gasteiger partial charge in [-0.25, -0.2) is 0 Å². The molecule has 0 radical (unpaired) electrons. The van der Waals surface area contributed by atoms with Gasteiger partial charge in [0.15, 0.2) is 0 Å². The van der Waals surface area contributed by atoms with Gasteiger partial charge in [0.1, 0.15) is 5.78 Å². The normalized spacial score (nSPS) is 53.6. The van der Waals surface area contributed by atoms with Crippen molar-refractivity contribution in [1.29, 1.82) is 0 Å². The number of fused-ring (bicyclic) bond motifs is 6. The minimum Gasteiger partial charge on any atom is -0.369 e. The van der Waals surface area contributed by atoms with E-state index in [1.165, 1.54) is 25.7 Å². The predicted octanol–water partition coefficient (Wildman–Crippen LogP) is 5.78. The molecule has 4 nitrogen and oxygen atoms in total. The van der Waals surface area contributed by atoms with Gasteiger partial charge in [-0.05, 0) is 93.3 Å². The monoisotopic (exact) mass is 441 g/mol. The molecule has 0 aromatic heterocycles. The van der Waals surface area contributed by atoms with Gasteiger partial charge in [-0.3, -0.25) is 4.79 Å². The van der Waals surface area contributed by atoms with Crippen molar-refractivity contribution in [2.24, 2.45) is 40.9 Å². The molecular weight excluding hydrogens is 398 g/mol. The topological polar surface area (TPSA) is 49.8 Å². The summed E-state index contributed by atoms with van der Waals surface area (Å²) in [4.78, 5) is 12.2. The molecule has 3 saturated carbocycles. The van der Waals surface area contributed by atoms with E-state index in [4.69, 9.17) is 4.74 Å². The fourth-order valence-corrected chi connectivity index (χ4v) is 9.82. The molecule has 0 amide bonds. The maximum Gasteiger partial charge on any atom is 0.133 e. The van der Waals surface area contributed by atoms with E-state index < -0.39 is 0 Å². The van der Waals surface area contributed by atoms with Gasteiger partial charge in [-0.1, -0.05) is 31.9 Å². The van der Waals surface area contributed by atoms with E-state index in [-0.39, 0.29) is 17.7 Å². The molecule has 178 valence electrons. The first kappa shape index (κ1) is 21.8. The molecule has 1 N–H and O–H groups in total. The van der Waals surface area contributed by atoms with Crippen molar-refractivity contribution in [3.05, 3.63) is 11.1 Å². The van der Waals surface area contributed by atoms with Crippen molar-refractivity contribution in [2.45, 2.75) is 110 Å². The quantitative estimate of drug-likeness (QED) is 0.484. The lowest BCUT2D eigenvalue weighted by Gasteiger charge is -2.52. The molecule has 4 heteroatoms. The Morgan fingerprint density at radius 1 is 1.12 bits per heavy atom. The molecule has 6 rings (SSSR count). The number of carbonyl (C=O) groups is 1. The minimum absolute atomic E-state index is 0.102. The molecule has 2 saturated heterocycles. The predicted molar refractivity (Wildman–Crippen MR) is 124 cm³/mol. The standard InChI is InChI=1S/C28H43NO3/c1-16-11-25-26(29(31)15-16)18(3)28(32-25)10-8-21-22-6-5-19-12-20(30)7-9-27(19,4)24(22)13-23(21)17(2)14-28/h16,18-19,21-22,24-26,31H,5-15H2,1-4H3/t16-,18+,19+,21-,22-,24-,25+,26-,27-,28-/m0/s1. The number of hydrogen-bond donors (Lipinski definition) is 1. The number of nitrogens with zero attached hydrogens (tertiary/aromatic N) is 1. The molecule has 2 aliphatic heterocycles. The summed E-state index contributed by atoms with van der Waals surface area (Å²) in [6, 6.07) is 0.156. The van der Waals surface area contributed by atoms with Crippen LogP contribution in [0.25, 0.3) is 0 Å². The molecule has 1 spiro atoms. The van der Waals surface area contributed by atoms with E-state index in [9.17, 15) is 10.0 Å². The average molecular weight is 442 g/mol. The molecule has 2 heterocycles. The van der Waals surface area contributed by atoms with Crippen LogP contribution < -0.4 is 0 Å². The number of hydrogen-bond acceptors (Lipinski definition) is 4. The molecular formula is C28H43NO3. The van der Waals surface area contributed by atoms with Crippen LogP contribution in [-0.2, 0) is 9.53 Å². The summed E-state index contributed by atoms with van der Waals surface area (Å²) < 4.78 is 6.94. The van der Waals surface area contributed by atoms with Crippen LogP contribution in [0, 0.1) is 40.9 Å². The maximum atomic E-state index is 12.2. The van der Waals surface area contributed by atoms with Crippen molar-refractivity contribution in [3.63, 3.8) is 0 Å². The van der Waals surface area contributed by atoms with Crippen molar-refractivity contribution < 1.29 is 14.7 Å². The summed E-state index contributed by atoms with van der Waals surface area (Å²) in [5, 5.41) is 12.4. The number of allylic oxidation sites excluding steroid dienone is 1. The third kappa shape index (κ3) is 3.01. The first-order chi connectivity index (χ1) is 15.2. The Balaban J connectivity index is 1.28. The highest BCUT2D eigenvalue weighted by Crippen LogP contribution is 2.65. The Bertz CT molecular complexity index is 837. The third-order valence-electron chi connectivity index (χ3n) is 11.5. The van der Waals surface area contributed by atoms with E-state index >= 15 is 0 Å². The molecule has 0 bridgehead atoms. The smallest absolute Gasteiger partial charge is 0.133 e. The second kappa shape index (κ2) is 7.39. The van der Waals surface area contributed by atoms with Gasteiger partial charge >= 0.3 is 0 Å². The van der Waals surface area contributed by atoms with Crippen LogP contribution in [0.3, 0.4) is 0 Å². The van der Waals surface area contributed by atoms with E-state index in [2.05, 4.69) is 27.7 Å². The summed E-state index contributed by atoms with van der Waals surface area (Å²) in [5.74, 6) is 4.29. The SMILES string of the molecule is CC1=C2C[C@H]3[C@@H](CC[C@@H]4CC(=O)CC[C@@]43C)[C@@H]2CC[C@@]2(C1)O[C@@H]1C[C@H](C)CN(O)[C@H]1[C@H]2C. The molecule has 4 aliphatic carbocycles. The van der Waals surface area contributed by atoms with Gasteiger partial charge in [0.05, 0.1) is 17.7 Å². The van der Waals surface area contributed by atoms with Crippen LogP contribution in [0.15, 0.2) is 11.1 Å². The Kier molecular flexibility index (Phi) is 5.04. The molecule has 5 fully saturated rings.